The number of carbonyl (C=O) groups excluding carboxylic acids is 1. The highest BCUT2D eigenvalue weighted by Gasteiger charge is 2.33. The number of fused-ring (bicyclic) bond motifs is 3. The number of carbonyl (C=O) groups is 2. The Morgan fingerprint density at radius 2 is 1.79 bits per heavy atom. The van der Waals surface area contributed by atoms with Gasteiger partial charge in [0.05, 0.1) is 16.5 Å². The summed E-state index contributed by atoms with van der Waals surface area (Å²) in [4.78, 5) is 25.2. The Morgan fingerprint density at radius 3 is 2.53 bits per heavy atom. The van der Waals surface area contributed by atoms with Crippen LogP contribution < -0.4 is 0 Å². The molecule has 0 bridgehead atoms. The van der Waals surface area contributed by atoms with Crippen molar-refractivity contribution >= 4 is 68.1 Å². The fourth-order valence-corrected chi connectivity index (χ4v) is 5.38. The molecule has 5 rings (SSSR count). The third-order valence-corrected chi connectivity index (χ3v) is 7.06. The smallest absolute Gasteiger partial charge is 0.323 e. The molecule has 166 valence electrons. The van der Waals surface area contributed by atoms with Crippen LogP contribution in [0.2, 0.25) is 0 Å². The molecule has 3 aromatic carbocycles. The van der Waals surface area contributed by atoms with Gasteiger partial charge in [0.15, 0.2) is 0 Å². The highest BCUT2D eigenvalue weighted by atomic mass is 32.2. The van der Waals surface area contributed by atoms with Crippen molar-refractivity contribution in [3.8, 4) is 6.07 Å². The fraction of sp³-hybridized carbons (Fsp3) is 0.0769. The summed E-state index contributed by atoms with van der Waals surface area (Å²) < 4.78 is 2.49. The molecule has 0 spiro atoms. The molecule has 1 aliphatic heterocycles. The minimum Gasteiger partial charge on any atom is -0.480 e. The van der Waals surface area contributed by atoms with Gasteiger partial charge in [-0.15, -0.1) is 0 Å². The maximum atomic E-state index is 12.6. The van der Waals surface area contributed by atoms with E-state index in [1.165, 1.54) is 0 Å². The molecule has 1 aromatic heterocycles. The first-order valence-electron chi connectivity index (χ1n) is 10.4. The van der Waals surface area contributed by atoms with Crippen molar-refractivity contribution in [2.24, 2.45) is 0 Å². The predicted molar refractivity (Wildman–Crippen MR) is 137 cm³/mol. The van der Waals surface area contributed by atoms with Crippen LogP contribution in [0.15, 0.2) is 71.6 Å². The van der Waals surface area contributed by atoms with Gasteiger partial charge in [0.25, 0.3) is 5.91 Å². The zero-order chi connectivity index (χ0) is 23.8. The largest absolute Gasteiger partial charge is 0.480 e. The van der Waals surface area contributed by atoms with Crippen LogP contribution in [0.5, 0.6) is 0 Å². The van der Waals surface area contributed by atoms with E-state index in [0.717, 1.165) is 49.6 Å². The van der Waals surface area contributed by atoms with Crippen molar-refractivity contribution in [2.75, 3.05) is 6.54 Å². The Morgan fingerprint density at radius 1 is 1.06 bits per heavy atom. The minimum absolute atomic E-state index is 0.249. The van der Waals surface area contributed by atoms with Gasteiger partial charge in [-0.3, -0.25) is 14.5 Å². The Hall–Kier alpha value is -3.93. The summed E-state index contributed by atoms with van der Waals surface area (Å²) in [5.74, 6) is -1.49. The number of hydrogen-bond donors (Lipinski definition) is 1. The Kier molecular flexibility index (Phi) is 5.65. The number of carboxylic acid groups (broad SMARTS) is 1. The van der Waals surface area contributed by atoms with Crippen molar-refractivity contribution < 1.29 is 14.7 Å². The number of amides is 1. The second kappa shape index (κ2) is 8.78. The lowest BCUT2D eigenvalue weighted by Gasteiger charge is -2.10. The molecule has 6 nitrogen and oxygen atoms in total. The topological polar surface area (TPSA) is 86.3 Å². The standard InChI is InChI=1S/C26H17N3O3S2/c27-13-16-5-7-17(8-6-16)14-28-21-4-2-1-3-19(21)20-11-18(9-10-22(20)28)12-23-25(32)29(15-24(30)31)26(33)34-23/h1-12H,14-15H2,(H,30,31)/b23-12-. The van der Waals surface area contributed by atoms with E-state index in [-0.39, 0.29) is 10.2 Å². The number of aliphatic carboxylic acids is 1. The number of para-hydroxylation sites is 1. The second-order valence-corrected chi connectivity index (χ2v) is 9.53. The highest BCUT2D eigenvalue weighted by Crippen LogP contribution is 2.35. The highest BCUT2D eigenvalue weighted by molar-refractivity contribution is 8.26. The molecular formula is C26H17N3O3S2. The van der Waals surface area contributed by atoms with Crippen molar-refractivity contribution in [3.05, 3.63) is 88.3 Å². The minimum atomic E-state index is -1.10. The van der Waals surface area contributed by atoms with Crippen LogP contribution >= 0.6 is 24.0 Å². The van der Waals surface area contributed by atoms with Gasteiger partial charge in [0.2, 0.25) is 0 Å². The lowest BCUT2D eigenvalue weighted by atomic mass is 10.1. The van der Waals surface area contributed by atoms with Gasteiger partial charge in [0, 0.05) is 28.4 Å². The van der Waals surface area contributed by atoms with Crippen molar-refractivity contribution in [2.45, 2.75) is 6.54 Å². The molecule has 1 fully saturated rings. The number of thiocarbonyl (C=S) groups is 1. The summed E-state index contributed by atoms with van der Waals surface area (Å²) in [6, 6.07) is 23.9. The maximum absolute atomic E-state index is 12.6. The van der Waals surface area contributed by atoms with E-state index in [9.17, 15) is 9.59 Å². The van der Waals surface area contributed by atoms with Crippen LogP contribution in [-0.2, 0) is 16.1 Å². The monoisotopic (exact) mass is 483 g/mol. The Bertz CT molecular complexity index is 1560. The average molecular weight is 484 g/mol. The molecule has 1 aliphatic rings. The van der Waals surface area contributed by atoms with Gasteiger partial charge in [-0.1, -0.05) is 60.4 Å². The van der Waals surface area contributed by atoms with E-state index in [4.69, 9.17) is 22.6 Å². The number of thioether (sulfide) groups is 1. The lowest BCUT2D eigenvalue weighted by molar-refractivity contribution is -0.140. The molecule has 2 heterocycles. The normalized spacial score (nSPS) is 14.9. The average Bonchev–Trinajstić information content (AvgIpc) is 3.28. The van der Waals surface area contributed by atoms with Gasteiger partial charge in [-0.2, -0.15) is 5.26 Å². The molecule has 34 heavy (non-hydrogen) atoms. The van der Waals surface area contributed by atoms with Gasteiger partial charge >= 0.3 is 5.97 Å². The number of rotatable bonds is 5. The molecule has 1 N–H and O–H groups in total. The van der Waals surface area contributed by atoms with Crippen LogP contribution in [0.25, 0.3) is 27.9 Å². The third-order valence-electron chi connectivity index (χ3n) is 5.68. The van der Waals surface area contributed by atoms with Gasteiger partial charge < -0.3 is 9.67 Å². The molecule has 1 amide bonds. The van der Waals surface area contributed by atoms with E-state index < -0.39 is 12.5 Å². The van der Waals surface area contributed by atoms with E-state index in [2.05, 4.69) is 22.8 Å². The van der Waals surface area contributed by atoms with E-state index in [1.807, 2.05) is 54.6 Å². The summed E-state index contributed by atoms with van der Waals surface area (Å²) in [5.41, 5.74) is 4.70. The van der Waals surface area contributed by atoms with E-state index in [0.29, 0.717) is 17.0 Å². The van der Waals surface area contributed by atoms with Crippen LogP contribution in [-0.4, -0.2) is 37.3 Å². The summed E-state index contributed by atoms with van der Waals surface area (Å²) in [7, 11) is 0. The molecule has 8 heteroatoms. The number of carboxylic acids is 1. The third kappa shape index (κ3) is 3.96. The number of aromatic nitrogens is 1. The first kappa shape index (κ1) is 21.9. The number of benzene rings is 3. The number of nitriles is 1. The molecule has 0 saturated carbocycles. The van der Waals surface area contributed by atoms with E-state index >= 15 is 0 Å². The molecule has 4 aromatic rings. The van der Waals surface area contributed by atoms with Gasteiger partial charge in [0.1, 0.15) is 10.9 Å². The number of hydrogen-bond acceptors (Lipinski definition) is 5. The molecule has 0 atom stereocenters. The summed E-state index contributed by atoms with van der Waals surface area (Å²) in [5, 5.41) is 20.3. The quantitative estimate of drug-likeness (QED) is 0.318. The molecular weight excluding hydrogens is 466 g/mol. The van der Waals surface area contributed by atoms with Gasteiger partial charge in [-0.05, 0) is 47.5 Å². The zero-order valence-electron chi connectivity index (χ0n) is 17.8. The summed E-state index contributed by atoms with van der Waals surface area (Å²) in [6.07, 6.45) is 1.76. The van der Waals surface area contributed by atoms with Crippen LogP contribution in [0.4, 0.5) is 0 Å². The lowest BCUT2D eigenvalue weighted by Crippen LogP contribution is -2.33. The van der Waals surface area contributed by atoms with Crippen molar-refractivity contribution in [1.29, 1.82) is 5.26 Å². The second-order valence-electron chi connectivity index (χ2n) is 7.85. The van der Waals surface area contributed by atoms with Crippen LogP contribution in [0.3, 0.4) is 0 Å². The first-order valence-corrected chi connectivity index (χ1v) is 11.6. The van der Waals surface area contributed by atoms with Crippen LogP contribution in [0, 0.1) is 11.3 Å². The van der Waals surface area contributed by atoms with Crippen molar-refractivity contribution in [3.63, 3.8) is 0 Å². The first-order chi connectivity index (χ1) is 16.4. The number of nitrogens with zero attached hydrogens (tertiary/aromatic N) is 3. The summed E-state index contributed by atoms with van der Waals surface area (Å²) in [6.45, 7) is 0.215. The SMILES string of the molecule is N#Cc1ccc(Cn2c3ccccc3c3cc(/C=C4\SC(=S)N(CC(=O)O)C4=O)ccc32)cc1. The maximum Gasteiger partial charge on any atom is 0.323 e. The molecule has 1 saturated heterocycles. The van der Waals surface area contributed by atoms with Crippen molar-refractivity contribution in [1.82, 2.24) is 9.47 Å². The predicted octanol–water partition coefficient (Wildman–Crippen LogP) is 5.00. The Balaban J connectivity index is 1.55. The molecule has 0 aliphatic carbocycles. The zero-order valence-corrected chi connectivity index (χ0v) is 19.4. The molecule has 0 unspecified atom stereocenters. The summed E-state index contributed by atoms with van der Waals surface area (Å²) >= 11 is 6.31. The fourth-order valence-electron chi connectivity index (χ4n) is 4.12. The van der Waals surface area contributed by atoms with E-state index in [1.54, 1.807) is 6.08 Å². The van der Waals surface area contributed by atoms with Crippen LogP contribution in [0.1, 0.15) is 16.7 Å². The van der Waals surface area contributed by atoms with Gasteiger partial charge in [-0.25, -0.2) is 0 Å². The Labute approximate surface area is 204 Å². The molecule has 0 radical (unpaired) electrons.